The minimum absolute atomic E-state index is 0.278. The molecule has 3 aromatic rings. The third-order valence-electron chi connectivity index (χ3n) is 3.92. The number of carboxylic acids is 1. The van der Waals surface area contributed by atoms with Crippen LogP contribution in [0.2, 0.25) is 0 Å². The number of hydrogen-bond acceptors (Lipinski definition) is 5. The van der Waals surface area contributed by atoms with E-state index in [0.29, 0.717) is 27.2 Å². The van der Waals surface area contributed by atoms with Gasteiger partial charge in [-0.3, -0.25) is 0 Å². The highest BCUT2D eigenvalue weighted by Crippen LogP contribution is 2.37. The van der Waals surface area contributed by atoms with E-state index in [1.165, 1.54) is 7.11 Å². The number of carboxylic acid groups (broad SMARTS) is 1. The van der Waals surface area contributed by atoms with Crippen molar-refractivity contribution < 1.29 is 19.4 Å². The second-order valence-electron chi connectivity index (χ2n) is 5.99. The Balaban J connectivity index is 2.00. The Morgan fingerprint density at radius 1 is 1.39 bits per heavy atom. The van der Waals surface area contributed by atoms with Gasteiger partial charge in [-0.05, 0) is 64.3 Å². The number of aliphatic carboxylic acids is 1. The Bertz CT molecular complexity index is 1130. The molecule has 1 aromatic heterocycles. The third-order valence-corrected chi connectivity index (χ3v) is 4.50. The number of carbonyl (C=O) groups is 1. The smallest absolute Gasteiger partial charge is 0.341 e. The average Bonchev–Trinajstić information content (AvgIpc) is 3.07. The number of fused-ring (bicyclic) bond motifs is 1. The molecule has 0 fully saturated rings. The molecule has 0 unspecified atom stereocenters. The first kappa shape index (κ1) is 19.5. The number of nitrogens with one attached hydrogen (secondary N) is 1. The maximum absolute atomic E-state index is 10.7. The number of aryl methyl sites for hydroxylation is 1. The van der Waals surface area contributed by atoms with Gasteiger partial charge in [0, 0.05) is 0 Å². The zero-order chi connectivity index (χ0) is 20.3. The number of halogens is 1. The molecule has 3 rings (SSSR count). The zero-order valence-electron chi connectivity index (χ0n) is 15.1. The maximum atomic E-state index is 10.7. The normalized spacial score (nSPS) is 11.3. The molecule has 0 aliphatic heterocycles. The summed E-state index contributed by atoms with van der Waals surface area (Å²) in [6.07, 6.45) is 1.67. The van der Waals surface area contributed by atoms with Crippen LogP contribution in [0.5, 0.6) is 11.5 Å². The Hall–Kier alpha value is -3.31. The number of aromatic nitrogens is 2. The van der Waals surface area contributed by atoms with Crippen LogP contribution in [0.3, 0.4) is 0 Å². The number of rotatable bonds is 6. The lowest BCUT2D eigenvalue weighted by Crippen LogP contribution is -2.10. The maximum Gasteiger partial charge on any atom is 0.341 e. The minimum atomic E-state index is -1.09. The Labute approximate surface area is 169 Å². The number of ether oxygens (including phenoxy) is 2. The van der Waals surface area contributed by atoms with Crippen molar-refractivity contribution in [1.29, 1.82) is 5.26 Å². The van der Waals surface area contributed by atoms with E-state index >= 15 is 0 Å². The molecule has 8 heteroatoms. The van der Waals surface area contributed by atoms with Gasteiger partial charge >= 0.3 is 5.97 Å². The number of H-pyrrole nitrogens is 1. The highest BCUT2D eigenvalue weighted by molar-refractivity contribution is 9.10. The van der Waals surface area contributed by atoms with Gasteiger partial charge in [0.15, 0.2) is 18.1 Å². The molecular formula is C20H16BrN3O4. The van der Waals surface area contributed by atoms with Crippen molar-refractivity contribution in [2.75, 3.05) is 13.7 Å². The van der Waals surface area contributed by atoms with Crippen molar-refractivity contribution in [1.82, 2.24) is 9.97 Å². The van der Waals surface area contributed by atoms with Crippen LogP contribution in [0.25, 0.3) is 22.7 Å². The zero-order valence-corrected chi connectivity index (χ0v) is 16.7. The van der Waals surface area contributed by atoms with Gasteiger partial charge in [0.1, 0.15) is 11.9 Å². The van der Waals surface area contributed by atoms with Gasteiger partial charge in [0.05, 0.1) is 28.2 Å². The first-order chi connectivity index (χ1) is 13.4. The lowest BCUT2D eigenvalue weighted by Gasteiger charge is -2.12. The summed E-state index contributed by atoms with van der Waals surface area (Å²) in [4.78, 5) is 18.4. The summed E-state index contributed by atoms with van der Waals surface area (Å²) in [5.74, 6) is -0.00614. The first-order valence-corrected chi connectivity index (χ1v) is 9.01. The molecule has 0 aliphatic carbocycles. The van der Waals surface area contributed by atoms with Crippen molar-refractivity contribution in [3.05, 3.63) is 51.8 Å². The van der Waals surface area contributed by atoms with Gasteiger partial charge in [0.2, 0.25) is 0 Å². The van der Waals surface area contributed by atoms with Crippen LogP contribution < -0.4 is 9.47 Å². The number of aromatic amines is 1. The molecule has 28 heavy (non-hydrogen) atoms. The largest absolute Gasteiger partial charge is 0.493 e. The summed E-state index contributed by atoms with van der Waals surface area (Å²) in [5, 5.41) is 18.4. The Morgan fingerprint density at radius 3 is 2.86 bits per heavy atom. The number of nitriles is 1. The second-order valence-corrected chi connectivity index (χ2v) is 6.85. The van der Waals surface area contributed by atoms with Crippen LogP contribution in [-0.2, 0) is 4.79 Å². The van der Waals surface area contributed by atoms with Crippen LogP contribution >= 0.6 is 15.9 Å². The lowest BCUT2D eigenvalue weighted by molar-refractivity contribution is -0.139. The van der Waals surface area contributed by atoms with Gasteiger partial charge < -0.3 is 19.6 Å². The highest BCUT2D eigenvalue weighted by atomic mass is 79.9. The number of hydrogen-bond donors (Lipinski definition) is 2. The number of allylic oxidation sites excluding steroid dienone is 1. The molecule has 0 radical (unpaired) electrons. The molecule has 2 N–H and O–H groups in total. The number of benzene rings is 2. The summed E-state index contributed by atoms with van der Waals surface area (Å²) in [5.41, 5.74) is 3.74. The van der Waals surface area contributed by atoms with Crippen LogP contribution in [0.4, 0.5) is 0 Å². The van der Waals surface area contributed by atoms with E-state index in [1.807, 2.05) is 25.1 Å². The van der Waals surface area contributed by atoms with Gasteiger partial charge in [-0.15, -0.1) is 0 Å². The average molecular weight is 442 g/mol. The molecule has 1 heterocycles. The molecule has 0 aliphatic rings. The monoisotopic (exact) mass is 441 g/mol. The molecule has 0 amide bonds. The fourth-order valence-electron chi connectivity index (χ4n) is 2.67. The summed E-state index contributed by atoms with van der Waals surface area (Å²) in [6.45, 7) is 1.49. The van der Waals surface area contributed by atoms with E-state index < -0.39 is 12.6 Å². The van der Waals surface area contributed by atoms with E-state index in [9.17, 15) is 10.1 Å². The van der Waals surface area contributed by atoms with E-state index in [1.54, 1.807) is 18.2 Å². The van der Waals surface area contributed by atoms with E-state index in [4.69, 9.17) is 14.6 Å². The molecular weight excluding hydrogens is 426 g/mol. The molecule has 2 aromatic carbocycles. The van der Waals surface area contributed by atoms with Gasteiger partial charge in [-0.2, -0.15) is 5.26 Å². The molecule has 142 valence electrons. The van der Waals surface area contributed by atoms with Crippen molar-refractivity contribution >= 4 is 44.6 Å². The van der Waals surface area contributed by atoms with Crippen LogP contribution in [0, 0.1) is 18.3 Å². The molecule has 0 bridgehead atoms. The lowest BCUT2D eigenvalue weighted by atomic mass is 10.1. The molecule has 0 saturated carbocycles. The van der Waals surface area contributed by atoms with Crippen LogP contribution in [0.15, 0.2) is 34.8 Å². The fourth-order valence-corrected chi connectivity index (χ4v) is 3.24. The van der Waals surface area contributed by atoms with Gasteiger partial charge in [0.25, 0.3) is 0 Å². The van der Waals surface area contributed by atoms with Crippen molar-refractivity contribution in [2.24, 2.45) is 0 Å². The molecule has 7 nitrogen and oxygen atoms in total. The van der Waals surface area contributed by atoms with Crippen LogP contribution in [0.1, 0.15) is 17.0 Å². The van der Waals surface area contributed by atoms with Crippen molar-refractivity contribution in [2.45, 2.75) is 6.92 Å². The fraction of sp³-hybridized carbons (Fsp3) is 0.150. The van der Waals surface area contributed by atoms with Gasteiger partial charge in [-0.25, -0.2) is 9.78 Å². The standard InChI is InChI=1S/C20H16BrN3O4/c1-11-3-4-15-16(5-11)24-20(23-15)13(9-22)6-12-7-14(21)19(17(8-12)27-2)28-10-18(25)26/h3-8H,10H2,1-2H3,(H,23,24)(H,25,26). The number of imidazole rings is 1. The summed E-state index contributed by atoms with van der Waals surface area (Å²) >= 11 is 3.36. The third kappa shape index (κ3) is 4.15. The van der Waals surface area contributed by atoms with Crippen LogP contribution in [-0.4, -0.2) is 34.8 Å². The highest BCUT2D eigenvalue weighted by Gasteiger charge is 2.14. The predicted molar refractivity (Wildman–Crippen MR) is 108 cm³/mol. The van der Waals surface area contributed by atoms with Gasteiger partial charge in [-0.1, -0.05) is 6.07 Å². The summed E-state index contributed by atoms with van der Waals surface area (Å²) in [7, 11) is 1.45. The van der Waals surface area contributed by atoms with Crippen molar-refractivity contribution in [3.63, 3.8) is 0 Å². The van der Waals surface area contributed by atoms with E-state index in [0.717, 1.165) is 16.6 Å². The number of methoxy groups -OCH3 is 1. The quantitative estimate of drug-likeness (QED) is 0.555. The van der Waals surface area contributed by atoms with E-state index in [-0.39, 0.29) is 5.75 Å². The topological polar surface area (TPSA) is 108 Å². The molecule has 0 saturated heterocycles. The first-order valence-electron chi connectivity index (χ1n) is 8.22. The van der Waals surface area contributed by atoms with Crippen molar-refractivity contribution in [3.8, 4) is 17.6 Å². The van der Waals surface area contributed by atoms with E-state index in [2.05, 4.69) is 32.0 Å². The SMILES string of the molecule is COc1cc(C=C(C#N)c2nc3ccc(C)cc3[nH]2)cc(Br)c1OCC(=O)O. The summed E-state index contributed by atoms with van der Waals surface area (Å²) < 4.78 is 11.1. The second kappa shape index (κ2) is 8.15. The molecule has 0 spiro atoms. The number of nitrogens with zero attached hydrogens (tertiary/aromatic N) is 2. The Morgan fingerprint density at radius 2 is 2.18 bits per heavy atom. The summed E-state index contributed by atoms with van der Waals surface area (Å²) in [6, 6.07) is 11.4. The predicted octanol–water partition coefficient (Wildman–Crippen LogP) is 4.17. The molecule has 0 atom stereocenters. The Kier molecular flexibility index (Phi) is 5.66. The minimum Gasteiger partial charge on any atom is -0.493 e.